The summed E-state index contributed by atoms with van der Waals surface area (Å²) in [5.41, 5.74) is 2.17. The molecular formula is C21H33N5. The number of aromatic nitrogens is 2. The molecule has 0 bridgehead atoms. The molecule has 2 rings (SSSR count). The number of allylic oxidation sites excluding steroid dienone is 3. The van der Waals surface area contributed by atoms with Crippen LogP contribution in [-0.4, -0.2) is 37.2 Å². The minimum Gasteiger partial charge on any atom is -0.391 e. The summed E-state index contributed by atoms with van der Waals surface area (Å²) >= 11 is 0. The first kappa shape index (κ1) is 21.5. The molecule has 1 aromatic heterocycles. The molecule has 142 valence electrons. The van der Waals surface area contributed by atoms with Gasteiger partial charge in [0, 0.05) is 44.7 Å². The summed E-state index contributed by atoms with van der Waals surface area (Å²) in [5.74, 6) is 1.66. The number of nitrogens with zero attached hydrogens (tertiary/aromatic N) is 3. The van der Waals surface area contributed by atoms with Gasteiger partial charge in [-0.3, -0.25) is 0 Å². The zero-order valence-corrected chi connectivity index (χ0v) is 15.7. The van der Waals surface area contributed by atoms with Gasteiger partial charge < -0.3 is 15.5 Å². The third-order valence-electron chi connectivity index (χ3n) is 4.01. The monoisotopic (exact) mass is 355 g/mol. The lowest BCUT2D eigenvalue weighted by molar-refractivity contribution is 0.798. The van der Waals surface area contributed by atoms with Crippen molar-refractivity contribution < 1.29 is 0 Å². The van der Waals surface area contributed by atoms with E-state index in [1.807, 2.05) is 38.2 Å². The van der Waals surface area contributed by atoms with Crippen LogP contribution >= 0.6 is 0 Å². The average molecular weight is 356 g/mol. The molecule has 0 aliphatic carbocycles. The van der Waals surface area contributed by atoms with Crippen molar-refractivity contribution in [2.24, 2.45) is 0 Å². The standard InChI is InChI=1S/C20H29N5.CH4/c1-5-7-10-16(21-3)13-15-25(4)19-17-11-8-9-12-18(17)23-20(24-19)22-14-6-2;/h5,7-12,21H,6,13-15H2,1-4H3,(H,22,23,24);1H4/b7-5-,16-10-;. The Morgan fingerprint density at radius 1 is 1.23 bits per heavy atom. The fraction of sp³-hybridized carbons (Fsp3) is 0.429. The van der Waals surface area contributed by atoms with Gasteiger partial charge in [0.05, 0.1) is 5.52 Å². The quantitative estimate of drug-likeness (QED) is 0.644. The highest BCUT2D eigenvalue weighted by molar-refractivity contribution is 5.90. The summed E-state index contributed by atoms with van der Waals surface area (Å²) < 4.78 is 0. The Bertz CT molecular complexity index is 736. The van der Waals surface area contributed by atoms with Crippen LogP contribution in [0.15, 0.2) is 48.2 Å². The van der Waals surface area contributed by atoms with Crippen molar-refractivity contribution in [1.82, 2.24) is 15.3 Å². The summed E-state index contributed by atoms with van der Waals surface area (Å²) in [4.78, 5) is 11.6. The van der Waals surface area contributed by atoms with Gasteiger partial charge in [-0.05, 0) is 31.6 Å². The van der Waals surface area contributed by atoms with Crippen LogP contribution in [0.2, 0.25) is 0 Å². The molecule has 2 N–H and O–H groups in total. The molecule has 0 unspecified atom stereocenters. The smallest absolute Gasteiger partial charge is 0.225 e. The Kier molecular flexibility index (Phi) is 9.20. The number of nitrogens with one attached hydrogen (secondary N) is 2. The third kappa shape index (κ3) is 5.76. The molecule has 0 radical (unpaired) electrons. The molecule has 0 saturated carbocycles. The van der Waals surface area contributed by atoms with Crippen LogP contribution in [0.25, 0.3) is 10.9 Å². The lowest BCUT2D eigenvalue weighted by atomic mass is 10.2. The maximum absolute atomic E-state index is 4.75. The van der Waals surface area contributed by atoms with Crippen molar-refractivity contribution in [2.45, 2.75) is 34.1 Å². The molecule has 1 aromatic carbocycles. The Labute approximate surface area is 158 Å². The van der Waals surface area contributed by atoms with E-state index < -0.39 is 0 Å². The van der Waals surface area contributed by atoms with Crippen LogP contribution in [0.5, 0.6) is 0 Å². The second-order valence-electron chi connectivity index (χ2n) is 5.95. The van der Waals surface area contributed by atoms with Crippen molar-refractivity contribution in [3.63, 3.8) is 0 Å². The Balaban J connectivity index is 0.00000338. The van der Waals surface area contributed by atoms with Gasteiger partial charge in [0.15, 0.2) is 0 Å². The van der Waals surface area contributed by atoms with Crippen molar-refractivity contribution in [3.05, 3.63) is 48.2 Å². The predicted molar refractivity (Wildman–Crippen MR) is 115 cm³/mol. The number of hydrogen-bond donors (Lipinski definition) is 2. The fourth-order valence-corrected chi connectivity index (χ4v) is 2.56. The van der Waals surface area contributed by atoms with Gasteiger partial charge in [-0.1, -0.05) is 38.6 Å². The normalized spacial score (nSPS) is 11.5. The summed E-state index contributed by atoms with van der Waals surface area (Å²) in [6.45, 7) is 5.90. The molecular weight excluding hydrogens is 322 g/mol. The van der Waals surface area contributed by atoms with E-state index in [2.05, 4.69) is 52.7 Å². The SMILES string of the molecule is C.C/C=C\C=C(\CCN(C)c1nc(NCCC)nc2ccccc12)NC. The number of hydrogen-bond acceptors (Lipinski definition) is 5. The average Bonchev–Trinajstić information content (AvgIpc) is 2.65. The van der Waals surface area contributed by atoms with Crippen molar-refractivity contribution in [3.8, 4) is 0 Å². The van der Waals surface area contributed by atoms with Gasteiger partial charge in [0.25, 0.3) is 0 Å². The second-order valence-corrected chi connectivity index (χ2v) is 5.95. The molecule has 0 amide bonds. The highest BCUT2D eigenvalue weighted by Crippen LogP contribution is 2.24. The Hall–Kier alpha value is -2.56. The molecule has 26 heavy (non-hydrogen) atoms. The van der Waals surface area contributed by atoms with Gasteiger partial charge in [-0.25, -0.2) is 4.98 Å². The number of para-hydroxylation sites is 1. The molecule has 5 heteroatoms. The van der Waals surface area contributed by atoms with Crippen LogP contribution in [0.1, 0.15) is 34.1 Å². The van der Waals surface area contributed by atoms with E-state index in [1.54, 1.807) is 0 Å². The van der Waals surface area contributed by atoms with Crippen molar-refractivity contribution in [1.29, 1.82) is 0 Å². The van der Waals surface area contributed by atoms with E-state index in [9.17, 15) is 0 Å². The molecule has 0 atom stereocenters. The van der Waals surface area contributed by atoms with E-state index in [-0.39, 0.29) is 7.43 Å². The van der Waals surface area contributed by atoms with Gasteiger partial charge in [0.1, 0.15) is 5.82 Å². The number of benzene rings is 1. The van der Waals surface area contributed by atoms with Gasteiger partial charge in [-0.2, -0.15) is 4.98 Å². The van der Waals surface area contributed by atoms with E-state index in [0.29, 0.717) is 5.95 Å². The van der Waals surface area contributed by atoms with Gasteiger partial charge in [-0.15, -0.1) is 0 Å². The summed E-state index contributed by atoms with van der Waals surface area (Å²) in [7, 11) is 4.05. The molecule has 0 aliphatic heterocycles. The minimum absolute atomic E-state index is 0. The van der Waals surface area contributed by atoms with Gasteiger partial charge in [0.2, 0.25) is 5.95 Å². The maximum Gasteiger partial charge on any atom is 0.225 e. The molecule has 5 nitrogen and oxygen atoms in total. The number of rotatable bonds is 9. The van der Waals surface area contributed by atoms with Crippen LogP contribution < -0.4 is 15.5 Å². The minimum atomic E-state index is 0. The number of fused-ring (bicyclic) bond motifs is 1. The number of anilines is 2. The fourth-order valence-electron chi connectivity index (χ4n) is 2.56. The van der Waals surface area contributed by atoms with E-state index in [0.717, 1.165) is 42.7 Å². The lowest BCUT2D eigenvalue weighted by Crippen LogP contribution is -2.23. The first-order valence-electron chi connectivity index (χ1n) is 8.91. The van der Waals surface area contributed by atoms with Crippen LogP contribution in [0, 0.1) is 0 Å². The summed E-state index contributed by atoms with van der Waals surface area (Å²) in [5, 5.41) is 7.64. The topological polar surface area (TPSA) is 53.1 Å². The first-order valence-corrected chi connectivity index (χ1v) is 8.91. The summed E-state index contributed by atoms with van der Waals surface area (Å²) in [6, 6.07) is 8.17. The van der Waals surface area contributed by atoms with E-state index >= 15 is 0 Å². The summed E-state index contributed by atoms with van der Waals surface area (Å²) in [6.07, 6.45) is 8.17. The molecule has 0 aliphatic rings. The molecule has 0 saturated heterocycles. The highest BCUT2D eigenvalue weighted by Gasteiger charge is 2.11. The van der Waals surface area contributed by atoms with E-state index in [4.69, 9.17) is 4.98 Å². The molecule has 2 aromatic rings. The molecule has 0 spiro atoms. The van der Waals surface area contributed by atoms with Crippen molar-refractivity contribution in [2.75, 3.05) is 37.4 Å². The molecule has 0 fully saturated rings. The predicted octanol–water partition coefficient (Wildman–Crippen LogP) is 4.59. The maximum atomic E-state index is 4.75. The van der Waals surface area contributed by atoms with E-state index in [1.165, 1.54) is 5.70 Å². The highest BCUT2D eigenvalue weighted by atomic mass is 15.2. The zero-order chi connectivity index (χ0) is 18.1. The molecule has 1 heterocycles. The first-order chi connectivity index (χ1) is 12.2. The third-order valence-corrected chi connectivity index (χ3v) is 4.01. The second kappa shape index (κ2) is 11.1. The van der Waals surface area contributed by atoms with Crippen LogP contribution in [-0.2, 0) is 0 Å². The van der Waals surface area contributed by atoms with Crippen molar-refractivity contribution >= 4 is 22.7 Å². The zero-order valence-electron chi connectivity index (χ0n) is 15.7. The Morgan fingerprint density at radius 2 is 2.00 bits per heavy atom. The van der Waals surface area contributed by atoms with Gasteiger partial charge >= 0.3 is 0 Å². The largest absolute Gasteiger partial charge is 0.391 e. The lowest BCUT2D eigenvalue weighted by Gasteiger charge is -2.21. The van der Waals surface area contributed by atoms with Crippen LogP contribution in [0.3, 0.4) is 0 Å². The van der Waals surface area contributed by atoms with Crippen LogP contribution in [0.4, 0.5) is 11.8 Å². The Morgan fingerprint density at radius 3 is 2.69 bits per heavy atom.